The van der Waals surface area contributed by atoms with Crippen molar-refractivity contribution < 1.29 is 14.6 Å². The summed E-state index contributed by atoms with van der Waals surface area (Å²) < 4.78 is 6.13. The second-order valence-corrected chi connectivity index (χ2v) is 7.42. The number of benzene rings is 3. The molecule has 0 bridgehead atoms. The van der Waals surface area contributed by atoms with Gasteiger partial charge in [0.15, 0.2) is 0 Å². The van der Waals surface area contributed by atoms with Crippen molar-refractivity contribution in [2.45, 2.75) is 19.4 Å². The number of aryl methyl sites for hydroxylation is 1. The Balaban J connectivity index is 1.70. The maximum absolute atomic E-state index is 11.0. The largest absolute Gasteiger partial charge is 0.488 e. The highest BCUT2D eigenvalue weighted by molar-refractivity contribution is 6.31. The lowest BCUT2D eigenvalue weighted by atomic mass is 9.98. The molecule has 0 radical (unpaired) electrons. The van der Waals surface area contributed by atoms with Crippen molar-refractivity contribution in [3.05, 3.63) is 95.1 Å². The molecular formula is C25H20ClNO3. The van der Waals surface area contributed by atoms with Crippen molar-refractivity contribution in [1.82, 2.24) is 4.98 Å². The average molecular weight is 418 g/mol. The van der Waals surface area contributed by atoms with Gasteiger partial charge in [-0.05, 0) is 53.9 Å². The molecule has 4 nitrogen and oxygen atoms in total. The number of carboxylic acid groups (broad SMARTS) is 1. The van der Waals surface area contributed by atoms with Crippen LogP contribution in [0.3, 0.4) is 0 Å². The van der Waals surface area contributed by atoms with Gasteiger partial charge in [0, 0.05) is 34.2 Å². The molecule has 4 rings (SSSR count). The van der Waals surface area contributed by atoms with Crippen LogP contribution in [-0.2, 0) is 17.8 Å². The number of carboxylic acids is 1. The van der Waals surface area contributed by atoms with Crippen LogP contribution in [0.2, 0.25) is 5.02 Å². The monoisotopic (exact) mass is 417 g/mol. The van der Waals surface area contributed by atoms with Crippen molar-refractivity contribution in [2.24, 2.45) is 0 Å². The summed E-state index contributed by atoms with van der Waals surface area (Å²) >= 11 is 6.27. The number of pyridine rings is 1. The Kier molecular flexibility index (Phi) is 5.96. The lowest BCUT2D eigenvalue weighted by Gasteiger charge is -2.15. The van der Waals surface area contributed by atoms with E-state index in [9.17, 15) is 4.79 Å². The lowest BCUT2D eigenvalue weighted by Crippen LogP contribution is -2.00. The van der Waals surface area contributed by atoms with Gasteiger partial charge in [0.1, 0.15) is 12.4 Å². The van der Waals surface area contributed by atoms with Crippen LogP contribution in [0.25, 0.3) is 22.0 Å². The Hall–Kier alpha value is -3.37. The fraction of sp³-hybridized carbons (Fsp3) is 0.120. The maximum atomic E-state index is 11.0. The van der Waals surface area contributed by atoms with E-state index >= 15 is 0 Å². The molecule has 0 amide bonds. The molecule has 0 aliphatic heterocycles. The third-order valence-electron chi connectivity index (χ3n) is 4.93. The Morgan fingerprint density at radius 1 is 1.00 bits per heavy atom. The number of halogens is 1. The van der Waals surface area contributed by atoms with Gasteiger partial charge < -0.3 is 9.84 Å². The van der Waals surface area contributed by atoms with Gasteiger partial charge in [-0.2, -0.15) is 0 Å². The van der Waals surface area contributed by atoms with E-state index in [1.54, 1.807) is 6.20 Å². The van der Waals surface area contributed by atoms with Gasteiger partial charge in [-0.3, -0.25) is 9.78 Å². The average Bonchev–Trinajstić information content (AvgIpc) is 2.77. The zero-order chi connectivity index (χ0) is 20.9. The topological polar surface area (TPSA) is 59.4 Å². The summed E-state index contributed by atoms with van der Waals surface area (Å²) in [6, 6.07) is 23.4. The first-order valence-electron chi connectivity index (χ1n) is 9.66. The standard InChI is InChI=1S/C25H20ClNO3/c26-22-6-2-1-4-20(22)16-30-24-11-7-17(8-12-25(28)29)14-21(24)18-9-10-23-19(15-18)5-3-13-27-23/h1-7,9-11,13-15H,8,12,16H2,(H,28,29). The molecule has 0 aliphatic carbocycles. The molecule has 4 aromatic rings. The van der Waals surface area contributed by atoms with E-state index in [-0.39, 0.29) is 6.42 Å². The Morgan fingerprint density at radius 3 is 2.70 bits per heavy atom. The predicted octanol–water partition coefficient (Wildman–Crippen LogP) is 6.15. The summed E-state index contributed by atoms with van der Waals surface area (Å²) in [5, 5.41) is 10.7. The van der Waals surface area contributed by atoms with Crippen LogP contribution in [0.15, 0.2) is 79.0 Å². The van der Waals surface area contributed by atoms with Crippen molar-refractivity contribution in [2.75, 3.05) is 0 Å². The van der Waals surface area contributed by atoms with Gasteiger partial charge in [0.2, 0.25) is 0 Å². The number of nitrogens with zero attached hydrogens (tertiary/aromatic N) is 1. The van der Waals surface area contributed by atoms with E-state index < -0.39 is 5.97 Å². The minimum absolute atomic E-state index is 0.0842. The number of fused-ring (bicyclic) bond motifs is 1. The van der Waals surface area contributed by atoms with Gasteiger partial charge in [-0.1, -0.05) is 48.0 Å². The van der Waals surface area contributed by atoms with E-state index in [0.29, 0.717) is 18.1 Å². The third kappa shape index (κ3) is 4.61. The quantitative estimate of drug-likeness (QED) is 0.391. The molecule has 150 valence electrons. The molecule has 1 N–H and O–H groups in total. The van der Waals surface area contributed by atoms with Crippen LogP contribution in [0, 0.1) is 0 Å². The Bertz CT molecular complexity index is 1210. The number of aromatic nitrogens is 1. The summed E-state index contributed by atoms with van der Waals surface area (Å²) in [5.74, 6) is -0.0930. The second-order valence-electron chi connectivity index (χ2n) is 7.02. The molecule has 0 spiro atoms. The number of hydrogen-bond acceptors (Lipinski definition) is 3. The highest BCUT2D eigenvalue weighted by atomic mass is 35.5. The van der Waals surface area contributed by atoms with Crippen molar-refractivity contribution >= 4 is 28.5 Å². The van der Waals surface area contributed by atoms with Gasteiger partial charge in [0.25, 0.3) is 0 Å². The zero-order valence-corrected chi connectivity index (χ0v) is 17.0. The zero-order valence-electron chi connectivity index (χ0n) is 16.2. The van der Waals surface area contributed by atoms with Gasteiger partial charge in [-0.15, -0.1) is 0 Å². The molecule has 0 saturated heterocycles. The number of carbonyl (C=O) groups is 1. The molecule has 1 heterocycles. The minimum atomic E-state index is -0.813. The fourth-order valence-electron chi connectivity index (χ4n) is 3.35. The van der Waals surface area contributed by atoms with E-state index in [0.717, 1.165) is 38.9 Å². The van der Waals surface area contributed by atoms with Crippen molar-refractivity contribution in [3.63, 3.8) is 0 Å². The molecule has 0 aliphatic rings. The maximum Gasteiger partial charge on any atom is 0.303 e. The number of hydrogen-bond donors (Lipinski definition) is 1. The number of ether oxygens (including phenoxy) is 1. The first-order chi connectivity index (χ1) is 14.6. The van der Waals surface area contributed by atoms with E-state index in [2.05, 4.69) is 11.1 Å². The molecule has 5 heteroatoms. The van der Waals surface area contributed by atoms with E-state index in [1.165, 1.54) is 0 Å². The summed E-state index contributed by atoms with van der Waals surface area (Å²) in [7, 11) is 0. The van der Waals surface area contributed by atoms with Crippen LogP contribution in [0.4, 0.5) is 0 Å². The normalized spacial score (nSPS) is 10.8. The summed E-state index contributed by atoms with van der Waals surface area (Å²) in [4.78, 5) is 15.4. The van der Waals surface area contributed by atoms with Crippen LogP contribution < -0.4 is 4.74 Å². The first kappa shape index (κ1) is 19.9. The Morgan fingerprint density at radius 2 is 1.87 bits per heavy atom. The van der Waals surface area contributed by atoms with E-state index in [4.69, 9.17) is 21.4 Å². The molecule has 0 atom stereocenters. The SMILES string of the molecule is O=C(O)CCc1ccc(OCc2ccccc2Cl)c(-c2ccc3ncccc3c2)c1. The highest BCUT2D eigenvalue weighted by Crippen LogP contribution is 2.34. The van der Waals surface area contributed by atoms with Crippen LogP contribution in [-0.4, -0.2) is 16.1 Å². The smallest absolute Gasteiger partial charge is 0.303 e. The number of aliphatic carboxylic acids is 1. The third-order valence-corrected chi connectivity index (χ3v) is 5.30. The summed E-state index contributed by atoms with van der Waals surface area (Å²) in [5.41, 5.74) is 4.67. The van der Waals surface area contributed by atoms with Crippen LogP contribution >= 0.6 is 11.6 Å². The molecule has 3 aromatic carbocycles. The van der Waals surface area contributed by atoms with Crippen LogP contribution in [0.5, 0.6) is 5.75 Å². The number of rotatable bonds is 7. The summed E-state index contributed by atoms with van der Waals surface area (Å²) in [6.45, 7) is 0.344. The Labute approximate surface area is 179 Å². The molecular weight excluding hydrogens is 398 g/mol. The lowest BCUT2D eigenvalue weighted by molar-refractivity contribution is -0.136. The molecule has 30 heavy (non-hydrogen) atoms. The van der Waals surface area contributed by atoms with Gasteiger partial charge in [-0.25, -0.2) is 0 Å². The molecule has 0 fully saturated rings. The molecule has 1 aromatic heterocycles. The van der Waals surface area contributed by atoms with E-state index in [1.807, 2.05) is 66.7 Å². The van der Waals surface area contributed by atoms with Gasteiger partial charge in [0.05, 0.1) is 5.52 Å². The summed E-state index contributed by atoms with van der Waals surface area (Å²) in [6.07, 6.45) is 2.32. The first-order valence-corrected chi connectivity index (χ1v) is 10.0. The highest BCUT2D eigenvalue weighted by Gasteiger charge is 2.11. The van der Waals surface area contributed by atoms with Crippen molar-refractivity contribution in [1.29, 1.82) is 0 Å². The molecule has 0 saturated carbocycles. The van der Waals surface area contributed by atoms with Gasteiger partial charge >= 0.3 is 5.97 Å². The fourth-order valence-corrected chi connectivity index (χ4v) is 3.54. The second kappa shape index (κ2) is 8.97. The predicted molar refractivity (Wildman–Crippen MR) is 119 cm³/mol. The minimum Gasteiger partial charge on any atom is -0.488 e. The van der Waals surface area contributed by atoms with Crippen LogP contribution in [0.1, 0.15) is 17.5 Å². The van der Waals surface area contributed by atoms with Crippen molar-refractivity contribution in [3.8, 4) is 16.9 Å². The molecule has 0 unspecified atom stereocenters.